The van der Waals surface area contributed by atoms with Crippen LogP contribution < -0.4 is 5.32 Å². The van der Waals surface area contributed by atoms with E-state index in [0.717, 1.165) is 11.8 Å². The molecule has 0 saturated carbocycles. The van der Waals surface area contributed by atoms with E-state index in [1.54, 1.807) is 18.2 Å². The Morgan fingerprint density at radius 3 is 2.63 bits per heavy atom. The van der Waals surface area contributed by atoms with Gasteiger partial charge in [0.1, 0.15) is 10.1 Å². The van der Waals surface area contributed by atoms with E-state index in [9.17, 15) is 9.18 Å². The van der Waals surface area contributed by atoms with Crippen molar-refractivity contribution in [3.63, 3.8) is 0 Å². The zero-order chi connectivity index (χ0) is 13.8. The molecule has 0 aromatic heterocycles. The van der Waals surface area contributed by atoms with Crippen LogP contribution in [0.5, 0.6) is 0 Å². The fourth-order valence-electron chi connectivity index (χ4n) is 1.41. The number of hydrogen-bond donors (Lipinski definition) is 1. The largest absolute Gasteiger partial charge is 0.307 e. The predicted molar refractivity (Wildman–Crippen MR) is 76.4 cm³/mol. The number of nitrogens with one attached hydrogen (secondary N) is 1. The van der Waals surface area contributed by atoms with Crippen molar-refractivity contribution in [2.75, 3.05) is 0 Å². The van der Waals surface area contributed by atoms with Gasteiger partial charge in [0, 0.05) is 0 Å². The van der Waals surface area contributed by atoms with Crippen molar-refractivity contribution in [1.29, 1.82) is 5.26 Å². The maximum atomic E-state index is 12.8. The second-order valence-corrected chi connectivity index (χ2v) is 5.33. The van der Waals surface area contributed by atoms with Crippen LogP contribution in [0.4, 0.5) is 4.39 Å². The van der Waals surface area contributed by atoms with Crippen LogP contribution in [0.1, 0.15) is 5.56 Å². The number of rotatable bonds is 2. The van der Waals surface area contributed by atoms with Gasteiger partial charge in [-0.05, 0) is 29.8 Å². The molecular weight excluding hydrogens is 283 g/mol. The van der Waals surface area contributed by atoms with E-state index in [-0.39, 0.29) is 11.7 Å². The fourth-order valence-corrected chi connectivity index (χ4v) is 2.44. The van der Waals surface area contributed by atoms with Crippen molar-refractivity contribution in [2.45, 2.75) is 0 Å². The summed E-state index contributed by atoms with van der Waals surface area (Å²) in [5.74, 6) is -0.652. The van der Waals surface area contributed by atoms with E-state index < -0.39 is 0 Å². The van der Waals surface area contributed by atoms with Crippen LogP contribution in [0.25, 0.3) is 6.08 Å². The van der Waals surface area contributed by atoms with Gasteiger partial charge in [0.25, 0.3) is 5.91 Å². The summed E-state index contributed by atoms with van der Waals surface area (Å²) in [7, 11) is 0. The summed E-state index contributed by atoms with van der Waals surface area (Å²) in [4.78, 5) is 11.8. The molecule has 0 atom stereocenters. The summed E-state index contributed by atoms with van der Waals surface area (Å²) in [6.07, 6.45) is 3.03. The van der Waals surface area contributed by atoms with Crippen LogP contribution in [-0.4, -0.2) is 10.2 Å². The Bertz CT molecular complexity index is 642. The maximum Gasteiger partial charge on any atom is 0.263 e. The number of thiocarbonyl (C=S) groups is 1. The third-order valence-corrected chi connectivity index (χ3v) is 3.41. The first-order valence-corrected chi connectivity index (χ1v) is 6.43. The quantitative estimate of drug-likeness (QED) is 0.517. The molecule has 1 aliphatic heterocycles. The molecule has 1 N–H and O–H groups in total. The molecule has 0 aliphatic carbocycles. The van der Waals surface area contributed by atoms with E-state index in [4.69, 9.17) is 17.5 Å². The number of halogens is 1. The Labute approximate surface area is 118 Å². The maximum absolute atomic E-state index is 12.8. The number of hydrogen-bond acceptors (Lipinski definition) is 4. The van der Waals surface area contributed by atoms with Crippen molar-refractivity contribution in [3.8, 4) is 6.07 Å². The van der Waals surface area contributed by atoms with Gasteiger partial charge >= 0.3 is 0 Å². The van der Waals surface area contributed by atoms with Crippen molar-refractivity contribution in [3.05, 3.63) is 52.2 Å². The molecule has 1 aliphatic rings. The standard InChI is InChI=1S/C13H7FN2OS2/c14-10-3-1-8(2-4-10)5-9(7-15)6-11-12(17)16-13(18)19-11/h1-6H,(H,16,17,18)/b9-5-,11-6-. The first kappa shape index (κ1) is 13.5. The lowest BCUT2D eigenvalue weighted by Gasteiger charge is -1.95. The first-order chi connectivity index (χ1) is 9.08. The highest BCUT2D eigenvalue weighted by molar-refractivity contribution is 8.26. The van der Waals surface area contributed by atoms with Crippen LogP contribution >= 0.6 is 24.0 Å². The molecular formula is C13H7FN2OS2. The summed E-state index contributed by atoms with van der Waals surface area (Å²) < 4.78 is 13.1. The molecule has 0 spiro atoms. The monoisotopic (exact) mass is 290 g/mol. The highest BCUT2D eigenvalue weighted by Crippen LogP contribution is 2.25. The Balaban J connectivity index is 2.28. The molecule has 2 rings (SSSR count). The molecule has 0 unspecified atom stereocenters. The number of nitrogens with zero attached hydrogens (tertiary/aromatic N) is 1. The Morgan fingerprint density at radius 2 is 2.11 bits per heavy atom. The van der Waals surface area contributed by atoms with Crippen LogP contribution in [0.3, 0.4) is 0 Å². The SMILES string of the molecule is N#CC(=C\c1ccc(F)cc1)/C=C1\SC(=S)NC1=O. The summed E-state index contributed by atoms with van der Waals surface area (Å²) >= 11 is 5.96. The van der Waals surface area contributed by atoms with Crippen LogP contribution in [0.15, 0.2) is 40.8 Å². The average molecular weight is 290 g/mol. The van der Waals surface area contributed by atoms with Crippen LogP contribution in [-0.2, 0) is 4.79 Å². The minimum absolute atomic E-state index is 0.300. The average Bonchev–Trinajstić information content (AvgIpc) is 2.69. The Morgan fingerprint density at radius 1 is 1.42 bits per heavy atom. The fraction of sp³-hybridized carbons (Fsp3) is 0. The number of nitriles is 1. The van der Waals surface area contributed by atoms with Gasteiger partial charge in [-0.15, -0.1) is 0 Å². The zero-order valence-corrected chi connectivity index (χ0v) is 11.1. The second-order valence-electron chi connectivity index (χ2n) is 3.62. The number of carbonyl (C=O) groups is 1. The first-order valence-electron chi connectivity index (χ1n) is 5.21. The number of carbonyl (C=O) groups excluding carboxylic acids is 1. The smallest absolute Gasteiger partial charge is 0.263 e. The third-order valence-electron chi connectivity index (χ3n) is 2.25. The lowest BCUT2D eigenvalue weighted by molar-refractivity contribution is -0.115. The normalized spacial score (nSPS) is 17.5. The minimum Gasteiger partial charge on any atom is -0.307 e. The van der Waals surface area contributed by atoms with Gasteiger partial charge in [-0.25, -0.2) is 4.39 Å². The number of thioether (sulfide) groups is 1. The van der Waals surface area contributed by atoms with Crippen molar-refractivity contribution < 1.29 is 9.18 Å². The highest BCUT2D eigenvalue weighted by Gasteiger charge is 2.22. The summed E-state index contributed by atoms with van der Waals surface area (Å²) in [6.45, 7) is 0. The lowest BCUT2D eigenvalue weighted by Crippen LogP contribution is -2.17. The molecule has 1 amide bonds. The van der Waals surface area contributed by atoms with Crippen LogP contribution in [0, 0.1) is 17.1 Å². The molecule has 1 fully saturated rings. The molecule has 1 aromatic carbocycles. The van der Waals surface area contributed by atoms with Gasteiger partial charge < -0.3 is 5.32 Å². The van der Waals surface area contributed by atoms with E-state index in [0.29, 0.717) is 20.4 Å². The molecule has 3 nitrogen and oxygen atoms in total. The molecule has 1 saturated heterocycles. The van der Waals surface area contributed by atoms with Crippen molar-refractivity contribution >= 4 is 40.3 Å². The molecule has 6 heteroatoms. The van der Waals surface area contributed by atoms with E-state index in [1.165, 1.54) is 18.2 Å². The van der Waals surface area contributed by atoms with Crippen molar-refractivity contribution in [2.24, 2.45) is 0 Å². The topological polar surface area (TPSA) is 52.9 Å². The predicted octanol–water partition coefficient (Wildman–Crippen LogP) is 2.76. The Hall–Kier alpha value is -1.97. The molecule has 94 valence electrons. The number of amides is 1. The van der Waals surface area contributed by atoms with Gasteiger partial charge in [0.2, 0.25) is 0 Å². The number of allylic oxidation sites excluding steroid dienone is 2. The number of benzene rings is 1. The molecule has 0 radical (unpaired) electrons. The van der Waals surface area contributed by atoms with Gasteiger partial charge in [0.15, 0.2) is 0 Å². The second kappa shape index (κ2) is 5.78. The summed E-state index contributed by atoms with van der Waals surface area (Å²) in [6, 6.07) is 7.70. The third kappa shape index (κ3) is 3.50. The van der Waals surface area contributed by atoms with Crippen LogP contribution in [0.2, 0.25) is 0 Å². The lowest BCUT2D eigenvalue weighted by atomic mass is 10.1. The highest BCUT2D eigenvalue weighted by atomic mass is 32.2. The van der Waals surface area contributed by atoms with E-state index >= 15 is 0 Å². The summed E-state index contributed by atoms with van der Waals surface area (Å²) in [5.41, 5.74) is 0.981. The molecule has 1 heterocycles. The zero-order valence-electron chi connectivity index (χ0n) is 9.51. The molecule has 0 bridgehead atoms. The molecule has 1 aromatic rings. The summed E-state index contributed by atoms with van der Waals surface area (Å²) in [5, 5.41) is 11.5. The van der Waals surface area contributed by atoms with E-state index in [2.05, 4.69) is 5.32 Å². The van der Waals surface area contributed by atoms with Gasteiger partial charge in [0.05, 0.1) is 16.5 Å². The van der Waals surface area contributed by atoms with Crippen molar-refractivity contribution in [1.82, 2.24) is 5.32 Å². The van der Waals surface area contributed by atoms with Gasteiger partial charge in [-0.1, -0.05) is 36.1 Å². The minimum atomic E-state index is -0.343. The molecule has 19 heavy (non-hydrogen) atoms. The van der Waals surface area contributed by atoms with Gasteiger partial charge in [-0.3, -0.25) is 4.79 Å². The van der Waals surface area contributed by atoms with E-state index in [1.807, 2.05) is 6.07 Å². The Kier molecular flexibility index (Phi) is 4.10. The van der Waals surface area contributed by atoms with Gasteiger partial charge in [-0.2, -0.15) is 5.26 Å².